The molecule has 0 bridgehead atoms. The standard InChI is InChI=1S/C12H14N2O4S/c15-5-8-9(16)10(17)11(18-8)14-7-4-2-1-3-6(7)13-12(14)19/h1-4,8-11,15-17H,5H2,(H,13,19)/t8-,9+,10+,11+/m0/s1. The summed E-state index contributed by atoms with van der Waals surface area (Å²) in [5.74, 6) is 0. The van der Waals surface area contributed by atoms with Crippen molar-refractivity contribution in [2.75, 3.05) is 6.61 Å². The van der Waals surface area contributed by atoms with E-state index in [9.17, 15) is 10.2 Å². The predicted molar refractivity (Wildman–Crippen MR) is 70.1 cm³/mol. The fourth-order valence-corrected chi connectivity index (χ4v) is 2.73. The van der Waals surface area contributed by atoms with Crippen LogP contribution >= 0.6 is 12.2 Å². The Kier molecular flexibility index (Phi) is 3.15. The van der Waals surface area contributed by atoms with E-state index in [4.69, 9.17) is 22.1 Å². The number of para-hydroxylation sites is 2. The smallest absolute Gasteiger partial charge is 0.180 e. The van der Waals surface area contributed by atoms with Gasteiger partial charge in [0.1, 0.15) is 18.3 Å². The van der Waals surface area contributed by atoms with E-state index in [1.54, 1.807) is 4.57 Å². The largest absolute Gasteiger partial charge is 0.394 e. The minimum Gasteiger partial charge on any atom is -0.394 e. The van der Waals surface area contributed by atoms with Gasteiger partial charge in [0, 0.05) is 0 Å². The number of aliphatic hydroxyl groups is 3. The lowest BCUT2D eigenvalue weighted by molar-refractivity contribution is -0.0514. The SMILES string of the molecule is OC[C@@H]1O[C@@H](n2c(=S)[nH]c3ccccc32)[C@H](O)[C@@H]1O. The zero-order valence-corrected chi connectivity index (χ0v) is 10.7. The first-order valence-electron chi connectivity index (χ1n) is 5.95. The van der Waals surface area contributed by atoms with Crippen molar-refractivity contribution in [2.45, 2.75) is 24.5 Å². The highest BCUT2D eigenvalue weighted by molar-refractivity contribution is 7.71. The molecule has 1 saturated heterocycles. The lowest BCUT2D eigenvalue weighted by Crippen LogP contribution is -2.33. The van der Waals surface area contributed by atoms with Gasteiger partial charge in [-0.05, 0) is 24.4 Å². The quantitative estimate of drug-likeness (QED) is 0.595. The topological polar surface area (TPSA) is 90.6 Å². The van der Waals surface area contributed by atoms with Gasteiger partial charge in [0.05, 0.1) is 17.6 Å². The van der Waals surface area contributed by atoms with Gasteiger partial charge in [-0.25, -0.2) is 0 Å². The number of H-pyrrole nitrogens is 1. The van der Waals surface area contributed by atoms with E-state index < -0.39 is 24.5 Å². The normalized spacial score (nSPS) is 31.1. The first-order valence-corrected chi connectivity index (χ1v) is 6.36. The van der Waals surface area contributed by atoms with Crippen LogP contribution in [0.5, 0.6) is 0 Å². The van der Waals surface area contributed by atoms with Gasteiger partial charge in [-0.15, -0.1) is 0 Å². The van der Waals surface area contributed by atoms with Gasteiger partial charge in [0.25, 0.3) is 0 Å². The molecule has 1 aromatic carbocycles. The number of imidazole rings is 1. The molecule has 4 atom stereocenters. The predicted octanol–water partition coefficient (Wildman–Crippen LogP) is 0.310. The molecule has 1 aliphatic rings. The lowest BCUT2D eigenvalue weighted by Gasteiger charge is -2.17. The van der Waals surface area contributed by atoms with E-state index in [1.807, 2.05) is 24.3 Å². The molecule has 2 aromatic rings. The fraction of sp³-hybridized carbons (Fsp3) is 0.417. The molecule has 0 radical (unpaired) electrons. The number of aromatic nitrogens is 2. The molecule has 7 heteroatoms. The Morgan fingerprint density at radius 2 is 2.00 bits per heavy atom. The van der Waals surface area contributed by atoms with Gasteiger partial charge in [0.2, 0.25) is 0 Å². The van der Waals surface area contributed by atoms with Crippen LogP contribution in [0.3, 0.4) is 0 Å². The van der Waals surface area contributed by atoms with Crippen LogP contribution in [0.15, 0.2) is 24.3 Å². The maximum atomic E-state index is 10.0. The summed E-state index contributed by atoms with van der Waals surface area (Å²) < 4.78 is 7.51. The van der Waals surface area contributed by atoms with Crippen molar-refractivity contribution in [1.82, 2.24) is 9.55 Å². The van der Waals surface area contributed by atoms with E-state index in [1.165, 1.54) is 0 Å². The van der Waals surface area contributed by atoms with Gasteiger partial charge in [-0.2, -0.15) is 0 Å². The van der Waals surface area contributed by atoms with Gasteiger partial charge in [0.15, 0.2) is 11.0 Å². The molecule has 1 aliphatic heterocycles. The zero-order valence-electron chi connectivity index (χ0n) is 9.93. The molecule has 4 N–H and O–H groups in total. The van der Waals surface area contributed by atoms with Crippen LogP contribution in [0.2, 0.25) is 0 Å². The van der Waals surface area contributed by atoms with Crippen molar-refractivity contribution in [2.24, 2.45) is 0 Å². The molecule has 102 valence electrons. The highest BCUT2D eigenvalue weighted by Gasteiger charge is 2.43. The Hall–Kier alpha value is -1.25. The summed E-state index contributed by atoms with van der Waals surface area (Å²) in [7, 11) is 0. The zero-order chi connectivity index (χ0) is 13.6. The van der Waals surface area contributed by atoms with E-state index in [-0.39, 0.29) is 6.61 Å². The maximum Gasteiger partial charge on any atom is 0.180 e. The molecule has 3 rings (SSSR count). The van der Waals surface area contributed by atoms with Crippen molar-refractivity contribution in [1.29, 1.82) is 0 Å². The first kappa shape index (κ1) is 12.8. The molecule has 1 aromatic heterocycles. The number of nitrogens with one attached hydrogen (secondary N) is 1. The third-order valence-corrected chi connectivity index (χ3v) is 3.69. The summed E-state index contributed by atoms with van der Waals surface area (Å²) in [6, 6.07) is 7.43. The summed E-state index contributed by atoms with van der Waals surface area (Å²) in [6.45, 7) is -0.357. The second-order valence-corrected chi connectivity index (χ2v) is 4.93. The summed E-state index contributed by atoms with van der Waals surface area (Å²) in [4.78, 5) is 3.01. The number of rotatable bonds is 2. The molecule has 19 heavy (non-hydrogen) atoms. The molecule has 0 saturated carbocycles. The van der Waals surface area contributed by atoms with E-state index in [0.717, 1.165) is 11.0 Å². The number of aliphatic hydroxyl groups excluding tert-OH is 3. The van der Waals surface area contributed by atoms with Gasteiger partial charge in [-0.3, -0.25) is 4.57 Å². The average Bonchev–Trinajstić information content (AvgIpc) is 2.88. The minimum atomic E-state index is -1.14. The number of fused-ring (bicyclic) bond motifs is 1. The third kappa shape index (κ3) is 1.90. The third-order valence-electron chi connectivity index (χ3n) is 3.40. The van der Waals surface area contributed by atoms with Crippen LogP contribution in [-0.2, 0) is 4.74 Å². The van der Waals surface area contributed by atoms with Crippen LogP contribution in [0.25, 0.3) is 11.0 Å². The number of nitrogens with zero attached hydrogens (tertiary/aromatic N) is 1. The summed E-state index contributed by atoms with van der Waals surface area (Å²) >= 11 is 5.23. The Bertz CT molecular complexity index is 652. The monoisotopic (exact) mass is 282 g/mol. The van der Waals surface area contributed by atoms with Crippen molar-refractivity contribution in [3.63, 3.8) is 0 Å². The number of aromatic amines is 1. The first-order chi connectivity index (χ1) is 9.13. The van der Waals surface area contributed by atoms with E-state index >= 15 is 0 Å². The molecule has 6 nitrogen and oxygen atoms in total. The molecule has 2 heterocycles. The minimum absolute atomic E-state index is 0.357. The van der Waals surface area contributed by atoms with Crippen LogP contribution in [0, 0.1) is 4.77 Å². The molecule has 0 amide bonds. The van der Waals surface area contributed by atoms with Crippen LogP contribution in [-0.4, -0.2) is 49.8 Å². The lowest BCUT2D eigenvalue weighted by atomic mass is 10.1. The summed E-state index contributed by atoms with van der Waals surface area (Å²) in [5.41, 5.74) is 1.60. The molecular formula is C12H14N2O4S. The van der Waals surface area contributed by atoms with Gasteiger partial charge in [-0.1, -0.05) is 12.1 Å². The maximum absolute atomic E-state index is 10.0. The van der Waals surface area contributed by atoms with Crippen molar-refractivity contribution < 1.29 is 20.1 Å². The fourth-order valence-electron chi connectivity index (χ4n) is 2.42. The van der Waals surface area contributed by atoms with Crippen LogP contribution in [0.1, 0.15) is 6.23 Å². The average molecular weight is 282 g/mol. The summed E-state index contributed by atoms with van der Waals surface area (Å²) in [5, 5.41) is 29.0. The molecule has 1 fully saturated rings. The van der Waals surface area contributed by atoms with Crippen LogP contribution in [0.4, 0.5) is 0 Å². The molecule has 0 aliphatic carbocycles. The van der Waals surface area contributed by atoms with E-state index in [2.05, 4.69) is 4.98 Å². The van der Waals surface area contributed by atoms with E-state index in [0.29, 0.717) is 4.77 Å². The highest BCUT2D eigenvalue weighted by atomic mass is 32.1. The Labute approximate surface area is 113 Å². The van der Waals surface area contributed by atoms with Gasteiger partial charge < -0.3 is 25.0 Å². The van der Waals surface area contributed by atoms with Gasteiger partial charge >= 0.3 is 0 Å². The Morgan fingerprint density at radius 1 is 1.26 bits per heavy atom. The van der Waals surface area contributed by atoms with Crippen molar-refractivity contribution in [3.05, 3.63) is 29.0 Å². The number of benzene rings is 1. The van der Waals surface area contributed by atoms with Crippen molar-refractivity contribution >= 4 is 23.3 Å². The summed E-state index contributed by atoms with van der Waals surface area (Å²) in [6.07, 6.45) is -3.89. The number of hydrogen-bond acceptors (Lipinski definition) is 5. The molecular weight excluding hydrogens is 268 g/mol. The second-order valence-electron chi connectivity index (χ2n) is 4.55. The van der Waals surface area contributed by atoms with Crippen molar-refractivity contribution in [3.8, 4) is 0 Å². The highest BCUT2D eigenvalue weighted by Crippen LogP contribution is 2.32. The number of hydrogen-bond donors (Lipinski definition) is 4. The molecule has 0 unspecified atom stereocenters. The Balaban J connectivity index is 2.10. The second kappa shape index (κ2) is 4.69. The Morgan fingerprint density at radius 3 is 2.68 bits per heavy atom. The van der Waals surface area contributed by atoms with Crippen LogP contribution < -0.4 is 0 Å². The molecule has 0 spiro atoms. The number of ether oxygens (including phenoxy) is 1.